The highest BCUT2D eigenvalue weighted by atomic mass is 15.1. The normalized spacial score (nSPS) is 10.6. The molecule has 0 aliphatic rings. The molecule has 2 nitrogen and oxygen atoms in total. The lowest BCUT2D eigenvalue weighted by Crippen LogP contribution is -1.96. The maximum atomic E-state index is 4.77. The van der Waals surface area contributed by atoms with Crippen molar-refractivity contribution >= 4 is 16.7 Å². The van der Waals surface area contributed by atoms with Crippen LogP contribution >= 0.6 is 0 Å². The highest BCUT2D eigenvalue weighted by Crippen LogP contribution is 2.27. The largest absolute Gasteiger partial charge is 0.296 e. The van der Waals surface area contributed by atoms with Crippen LogP contribution in [-0.2, 0) is 0 Å². The molecule has 2 aromatic carbocycles. The maximum absolute atomic E-state index is 4.77. The number of benzene rings is 2. The summed E-state index contributed by atoms with van der Waals surface area (Å²) in [5.41, 5.74) is 4.33. The van der Waals surface area contributed by atoms with E-state index in [9.17, 15) is 0 Å². The quantitative estimate of drug-likeness (QED) is 0.531. The zero-order chi connectivity index (χ0) is 17.4. The van der Waals surface area contributed by atoms with Crippen molar-refractivity contribution in [3.63, 3.8) is 0 Å². The Kier molecular flexibility index (Phi) is 6.09. The van der Waals surface area contributed by atoms with Gasteiger partial charge in [0.2, 0.25) is 0 Å². The number of hydrogen-bond acceptors (Lipinski definition) is 1. The van der Waals surface area contributed by atoms with Crippen LogP contribution < -0.4 is 0 Å². The Labute approximate surface area is 143 Å². The highest BCUT2D eigenvalue weighted by Gasteiger charge is 2.12. The average Bonchev–Trinajstić information content (AvgIpc) is 3.02. The Balaban J connectivity index is 0.000000471. The van der Waals surface area contributed by atoms with Crippen LogP contribution in [0, 0.1) is 0 Å². The van der Waals surface area contributed by atoms with Gasteiger partial charge in [-0.05, 0) is 25.1 Å². The molecule has 3 aromatic rings. The fourth-order valence-corrected chi connectivity index (χ4v) is 2.41. The molecule has 0 N–H and O–H groups in total. The van der Waals surface area contributed by atoms with Gasteiger partial charge in [0.15, 0.2) is 0 Å². The van der Waals surface area contributed by atoms with Gasteiger partial charge in [0.25, 0.3) is 0 Å². The fourth-order valence-electron chi connectivity index (χ4n) is 2.41. The first kappa shape index (κ1) is 17.2. The Bertz CT molecular complexity index is 861. The molecule has 0 aliphatic carbocycles. The molecular formula is C22H22N2. The van der Waals surface area contributed by atoms with Crippen molar-refractivity contribution in [2.75, 3.05) is 0 Å². The molecular weight excluding hydrogens is 292 g/mol. The molecule has 0 saturated heterocycles. The smallest absolute Gasteiger partial charge is 0.145 e. The van der Waals surface area contributed by atoms with Gasteiger partial charge in [-0.1, -0.05) is 80.4 Å². The van der Waals surface area contributed by atoms with E-state index in [1.165, 1.54) is 0 Å². The van der Waals surface area contributed by atoms with Crippen molar-refractivity contribution in [3.05, 3.63) is 98.6 Å². The lowest BCUT2D eigenvalue weighted by Gasteiger charge is -2.09. The van der Waals surface area contributed by atoms with Gasteiger partial charge in [0.1, 0.15) is 5.82 Å². The monoisotopic (exact) mass is 314 g/mol. The van der Waals surface area contributed by atoms with E-state index in [-0.39, 0.29) is 0 Å². The third kappa shape index (κ3) is 3.79. The number of nitrogens with zero attached hydrogens (tertiary/aromatic N) is 2. The predicted molar refractivity (Wildman–Crippen MR) is 106 cm³/mol. The first-order valence-corrected chi connectivity index (χ1v) is 7.79. The van der Waals surface area contributed by atoms with E-state index >= 15 is 0 Å². The van der Waals surface area contributed by atoms with Crippen LogP contribution in [0.5, 0.6) is 0 Å². The fraction of sp³-hybridized carbons (Fsp3) is 0.0455. The summed E-state index contributed by atoms with van der Waals surface area (Å²) >= 11 is 0. The Morgan fingerprint density at radius 1 is 0.875 bits per heavy atom. The first-order chi connectivity index (χ1) is 11.7. The summed E-state index contributed by atoms with van der Waals surface area (Å²) in [5, 5.41) is 0. The minimum atomic E-state index is 0.961. The van der Waals surface area contributed by atoms with Crippen molar-refractivity contribution in [1.29, 1.82) is 0 Å². The number of hydrogen-bond donors (Lipinski definition) is 0. The topological polar surface area (TPSA) is 17.8 Å². The van der Waals surface area contributed by atoms with E-state index in [2.05, 4.69) is 49.4 Å². The van der Waals surface area contributed by atoms with Crippen LogP contribution in [0.2, 0.25) is 0 Å². The molecule has 0 fully saturated rings. The van der Waals surface area contributed by atoms with Crippen LogP contribution in [0.25, 0.3) is 28.1 Å². The van der Waals surface area contributed by atoms with E-state index in [1.54, 1.807) is 18.2 Å². The van der Waals surface area contributed by atoms with Crippen molar-refractivity contribution in [3.8, 4) is 11.4 Å². The van der Waals surface area contributed by atoms with Gasteiger partial charge in [-0.15, -0.1) is 0 Å². The van der Waals surface area contributed by atoms with E-state index in [4.69, 9.17) is 4.98 Å². The average molecular weight is 314 g/mol. The third-order valence-electron chi connectivity index (χ3n) is 3.47. The second-order valence-electron chi connectivity index (χ2n) is 5.14. The van der Waals surface area contributed by atoms with Gasteiger partial charge in [0, 0.05) is 11.3 Å². The minimum Gasteiger partial charge on any atom is -0.296 e. The third-order valence-corrected chi connectivity index (χ3v) is 3.47. The van der Waals surface area contributed by atoms with Gasteiger partial charge >= 0.3 is 0 Å². The van der Waals surface area contributed by atoms with Crippen LogP contribution in [0.3, 0.4) is 0 Å². The lowest BCUT2D eigenvalue weighted by molar-refractivity contribution is 1.12. The molecule has 0 amide bonds. The highest BCUT2D eigenvalue weighted by molar-refractivity contribution is 5.85. The summed E-state index contributed by atoms with van der Waals surface area (Å²) < 4.78 is 2.17. The molecule has 0 aliphatic heterocycles. The summed E-state index contributed by atoms with van der Waals surface area (Å²) in [5.74, 6) is 0.961. The summed E-state index contributed by atoms with van der Waals surface area (Å²) in [4.78, 5) is 4.77. The number of imidazole rings is 1. The molecule has 1 heterocycles. The molecule has 24 heavy (non-hydrogen) atoms. The maximum Gasteiger partial charge on any atom is 0.145 e. The van der Waals surface area contributed by atoms with Crippen LogP contribution in [0.4, 0.5) is 0 Å². The van der Waals surface area contributed by atoms with Crippen LogP contribution in [0.15, 0.2) is 98.6 Å². The van der Waals surface area contributed by atoms with Crippen molar-refractivity contribution in [2.45, 2.75) is 6.92 Å². The second kappa shape index (κ2) is 8.49. The molecule has 1 aromatic heterocycles. The lowest BCUT2D eigenvalue weighted by atomic mass is 10.2. The number of para-hydroxylation sites is 2. The van der Waals surface area contributed by atoms with Gasteiger partial charge in [-0.25, -0.2) is 4.98 Å². The molecule has 0 unspecified atom stereocenters. The summed E-state index contributed by atoms with van der Waals surface area (Å²) in [7, 11) is 0. The molecule has 0 spiro atoms. The van der Waals surface area contributed by atoms with Crippen molar-refractivity contribution in [2.24, 2.45) is 0 Å². The first-order valence-electron chi connectivity index (χ1n) is 7.79. The molecule has 0 radical (unpaired) electrons. The molecule has 0 bridgehead atoms. The summed E-state index contributed by atoms with van der Waals surface area (Å²) in [6, 6.07) is 18.4. The number of rotatable bonds is 4. The van der Waals surface area contributed by atoms with Crippen molar-refractivity contribution in [1.82, 2.24) is 9.55 Å². The SMILES string of the molecule is C=C/C=C(\C)n1c(-c2ccccc2)nc2ccccc21.C=CC=C. The molecule has 3 rings (SSSR count). The standard InChI is InChI=1S/C18H16N2.C4H6/c1-3-9-14(2)20-17-13-8-7-12-16(17)19-18(20)15-10-5-4-6-11-15;1-3-4-2/h3-13H,1H2,2H3;3-4H,1-2H2/b14-9+;. The van der Waals surface area contributed by atoms with Gasteiger partial charge in [-0.2, -0.15) is 0 Å². The Morgan fingerprint density at radius 3 is 2.12 bits per heavy atom. The zero-order valence-electron chi connectivity index (χ0n) is 14.0. The van der Waals surface area contributed by atoms with Crippen LogP contribution in [0.1, 0.15) is 6.92 Å². The molecule has 2 heteroatoms. The van der Waals surface area contributed by atoms with Gasteiger partial charge < -0.3 is 0 Å². The molecule has 120 valence electrons. The van der Waals surface area contributed by atoms with Gasteiger partial charge in [-0.3, -0.25) is 4.57 Å². The Hall–Kier alpha value is -3.13. The van der Waals surface area contributed by atoms with Crippen LogP contribution in [-0.4, -0.2) is 9.55 Å². The summed E-state index contributed by atoms with van der Waals surface area (Å²) in [6.45, 7) is 12.6. The second-order valence-corrected chi connectivity index (χ2v) is 5.14. The minimum absolute atomic E-state index is 0.961. The van der Waals surface area contributed by atoms with E-state index in [0.29, 0.717) is 0 Å². The van der Waals surface area contributed by atoms with E-state index in [1.807, 2.05) is 42.5 Å². The van der Waals surface area contributed by atoms with Crippen molar-refractivity contribution < 1.29 is 0 Å². The molecule has 0 saturated carbocycles. The predicted octanol–water partition coefficient (Wildman–Crippen LogP) is 6.11. The number of aromatic nitrogens is 2. The van der Waals surface area contributed by atoms with E-state index < -0.39 is 0 Å². The number of fused-ring (bicyclic) bond motifs is 1. The Morgan fingerprint density at radius 2 is 1.50 bits per heavy atom. The molecule has 0 atom stereocenters. The van der Waals surface area contributed by atoms with E-state index in [0.717, 1.165) is 28.1 Å². The van der Waals surface area contributed by atoms with Gasteiger partial charge in [0.05, 0.1) is 11.0 Å². The number of allylic oxidation sites excluding steroid dienone is 5. The zero-order valence-corrected chi connectivity index (χ0v) is 14.0. The summed E-state index contributed by atoms with van der Waals surface area (Å²) in [6.07, 6.45) is 7.08.